The van der Waals surface area contributed by atoms with Crippen LogP contribution in [0.15, 0.2) is 0 Å². The predicted molar refractivity (Wildman–Crippen MR) is 64.3 cm³/mol. The van der Waals surface area contributed by atoms with E-state index in [1.165, 1.54) is 19.3 Å². The lowest BCUT2D eigenvalue weighted by atomic mass is 9.96. The van der Waals surface area contributed by atoms with E-state index in [0.717, 1.165) is 12.8 Å². The summed E-state index contributed by atoms with van der Waals surface area (Å²) in [6.07, 6.45) is 5.86. The normalized spacial score (nSPS) is 19.5. The summed E-state index contributed by atoms with van der Waals surface area (Å²) in [6.45, 7) is 3.97. The molecule has 4 heteroatoms. The van der Waals surface area contributed by atoms with E-state index in [0.29, 0.717) is 6.04 Å². The lowest BCUT2D eigenvalue weighted by molar-refractivity contribution is 0.194. The largest absolute Gasteiger partial charge is 0.394 e. The van der Waals surface area contributed by atoms with E-state index in [1.54, 1.807) is 0 Å². The molecule has 0 aromatic carbocycles. The summed E-state index contributed by atoms with van der Waals surface area (Å²) < 4.78 is 0. The van der Waals surface area contributed by atoms with E-state index < -0.39 is 0 Å². The third kappa shape index (κ3) is 4.39. The molecule has 0 unspecified atom stereocenters. The van der Waals surface area contributed by atoms with Gasteiger partial charge in [0.2, 0.25) is 0 Å². The maximum absolute atomic E-state index is 11.7. The summed E-state index contributed by atoms with van der Waals surface area (Å²) in [5.41, 5.74) is 0. The van der Waals surface area contributed by atoms with Crippen LogP contribution in [-0.4, -0.2) is 29.8 Å². The van der Waals surface area contributed by atoms with Gasteiger partial charge in [-0.25, -0.2) is 4.79 Å². The third-order valence-corrected chi connectivity index (χ3v) is 3.26. The number of nitrogens with one attached hydrogen (secondary N) is 2. The van der Waals surface area contributed by atoms with Crippen molar-refractivity contribution < 1.29 is 9.90 Å². The molecule has 0 bridgehead atoms. The van der Waals surface area contributed by atoms with Crippen molar-refractivity contribution in [3.8, 4) is 0 Å². The maximum atomic E-state index is 11.7. The third-order valence-electron chi connectivity index (χ3n) is 3.26. The fourth-order valence-electron chi connectivity index (χ4n) is 2.07. The summed E-state index contributed by atoms with van der Waals surface area (Å²) in [6, 6.07) is 0.0310. The summed E-state index contributed by atoms with van der Waals surface area (Å²) >= 11 is 0. The van der Waals surface area contributed by atoms with Crippen LogP contribution in [0.5, 0.6) is 0 Å². The van der Waals surface area contributed by atoms with Crippen LogP contribution in [0.1, 0.15) is 46.0 Å². The van der Waals surface area contributed by atoms with Crippen LogP contribution in [0.4, 0.5) is 4.79 Å². The minimum Gasteiger partial charge on any atom is -0.394 e. The SMILES string of the molecule is CC(C)[C@@H](CO)NC(=O)NC1CCCCC1. The van der Waals surface area contributed by atoms with Gasteiger partial charge in [-0.1, -0.05) is 33.1 Å². The molecule has 1 aliphatic carbocycles. The Morgan fingerprint density at radius 1 is 1.31 bits per heavy atom. The zero-order valence-corrected chi connectivity index (χ0v) is 10.3. The molecule has 0 spiro atoms. The van der Waals surface area contributed by atoms with E-state index in [9.17, 15) is 4.79 Å². The van der Waals surface area contributed by atoms with Crippen molar-refractivity contribution in [3.05, 3.63) is 0 Å². The highest BCUT2D eigenvalue weighted by Gasteiger charge is 2.19. The van der Waals surface area contributed by atoms with Crippen LogP contribution < -0.4 is 10.6 Å². The zero-order chi connectivity index (χ0) is 12.0. The first-order valence-electron chi connectivity index (χ1n) is 6.31. The number of carbonyl (C=O) groups is 1. The van der Waals surface area contributed by atoms with Crippen molar-refractivity contribution in [2.45, 2.75) is 58.0 Å². The van der Waals surface area contributed by atoms with Gasteiger partial charge in [0.05, 0.1) is 12.6 Å². The fraction of sp³-hybridized carbons (Fsp3) is 0.917. The van der Waals surface area contributed by atoms with Gasteiger partial charge in [-0.3, -0.25) is 0 Å². The number of rotatable bonds is 4. The Morgan fingerprint density at radius 3 is 2.44 bits per heavy atom. The average Bonchev–Trinajstić information content (AvgIpc) is 2.27. The van der Waals surface area contributed by atoms with Gasteiger partial charge in [0.1, 0.15) is 0 Å². The molecule has 0 radical (unpaired) electrons. The van der Waals surface area contributed by atoms with E-state index in [2.05, 4.69) is 10.6 Å². The summed E-state index contributed by atoms with van der Waals surface area (Å²) in [5.74, 6) is 0.252. The van der Waals surface area contributed by atoms with Crippen molar-refractivity contribution in [3.63, 3.8) is 0 Å². The monoisotopic (exact) mass is 228 g/mol. The standard InChI is InChI=1S/C12H24N2O2/c1-9(2)11(8-15)14-12(16)13-10-6-4-3-5-7-10/h9-11,15H,3-8H2,1-2H3,(H2,13,14,16)/t11-/m1/s1. The molecule has 0 aromatic heterocycles. The summed E-state index contributed by atoms with van der Waals surface area (Å²) in [4.78, 5) is 11.7. The molecule has 1 fully saturated rings. The van der Waals surface area contributed by atoms with Crippen molar-refractivity contribution >= 4 is 6.03 Å². The lowest BCUT2D eigenvalue weighted by Crippen LogP contribution is -2.49. The first-order chi connectivity index (χ1) is 7.63. The zero-order valence-electron chi connectivity index (χ0n) is 10.3. The van der Waals surface area contributed by atoms with E-state index in [4.69, 9.17) is 5.11 Å². The second-order valence-corrected chi connectivity index (χ2v) is 4.99. The summed E-state index contributed by atoms with van der Waals surface area (Å²) in [7, 11) is 0. The fourth-order valence-corrected chi connectivity index (χ4v) is 2.07. The Morgan fingerprint density at radius 2 is 1.94 bits per heavy atom. The van der Waals surface area contributed by atoms with Gasteiger partial charge in [-0.05, 0) is 18.8 Å². The number of aliphatic hydroxyl groups excluding tert-OH is 1. The van der Waals surface area contributed by atoms with Crippen molar-refractivity contribution in [2.24, 2.45) is 5.92 Å². The van der Waals surface area contributed by atoms with Crippen LogP contribution in [0, 0.1) is 5.92 Å². The quantitative estimate of drug-likeness (QED) is 0.685. The Balaban J connectivity index is 2.28. The number of hydrogen-bond donors (Lipinski definition) is 3. The second-order valence-electron chi connectivity index (χ2n) is 4.99. The molecule has 16 heavy (non-hydrogen) atoms. The Hall–Kier alpha value is -0.770. The van der Waals surface area contributed by atoms with Crippen LogP contribution in [-0.2, 0) is 0 Å². The molecular formula is C12H24N2O2. The molecule has 0 aromatic rings. The first kappa shape index (κ1) is 13.3. The van der Waals surface area contributed by atoms with Crippen molar-refractivity contribution in [2.75, 3.05) is 6.61 Å². The van der Waals surface area contributed by atoms with E-state index in [1.807, 2.05) is 13.8 Å². The van der Waals surface area contributed by atoms with E-state index in [-0.39, 0.29) is 24.6 Å². The summed E-state index contributed by atoms with van der Waals surface area (Å²) in [5, 5.41) is 14.9. The highest BCUT2D eigenvalue weighted by atomic mass is 16.3. The van der Waals surface area contributed by atoms with Gasteiger partial charge in [0.25, 0.3) is 0 Å². The molecule has 2 amide bonds. The van der Waals surface area contributed by atoms with Crippen molar-refractivity contribution in [1.29, 1.82) is 0 Å². The van der Waals surface area contributed by atoms with Crippen LogP contribution in [0.25, 0.3) is 0 Å². The molecule has 0 saturated heterocycles. The minimum atomic E-state index is -0.149. The lowest BCUT2D eigenvalue weighted by Gasteiger charge is -2.25. The molecule has 1 rings (SSSR count). The van der Waals surface area contributed by atoms with Crippen LogP contribution >= 0.6 is 0 Å². The van der Waals surface area contributed by atoms with Crippen molar-refractivity contribution in [1.82, 2.24) is 10.6 Å². The second kappa shape index (κ2) is 6.74. The Bertz CT molecular complexity index is 213. The molecule has 0 aliphatic heterocycles. The van der Waals surface area contributed by atoms with E-state index >= 15 is 0 Å². The number of carbonyl (C=O) groups excluding carboxylic acids is 1. The molecule has 1 aliphatic rings. The molecule has 1 saturated carbocycles. The maximum Gasteiger partial charge on any atom is 0.315 e. The van der Waals surface area contributed by atoms with Crippen LogP contribution in [0.2, 0.25) is 0 Å². The highest BCUT2D eigenvalue weighted by molar-refractivity contribution is 5.74. The number of amides is 2. The van der Waals surface area contributed by atoms with Gasteiger partial charge in [-0.2, -0.15) is 0 Å². The number of hydrogen-bond acceptors (Lipinski definition) is 2. The predicted octanol–water partition coefficient (Wildman–Crippen LogP) is 1.64. The Labute approximate surface area is 97.8 Å². The molecule has 4 nitrogen and oxygen atoms in total. The topological polar surface area (TPSA) is 61.4 Å². The molecule has 0 heterocycles. The molecule has 3 N–H and O–H groups in total. The van der Waals surface area contributed by atoms with Gasteiger partial charge in [0.15, 0.2) is 0 Å². The minimum absolute atomic E-state index is 0.00421. The first-order valence-corrected chi connectivity index (χ1v) is 6.31. The van der Waals surface area contributed by atoms with Gasteiger partial charge in [-0.15, -0.1) is 0 Å². The van der Waals surface area contributed by atoms with Gasteiger partial charge in [0, 0.05) is 6.04 Å². The molecular weight excluding hydrogens is 204 g/mol. The number of urea groups is 1. The number of aliphatic hydroxyl groups is 1. The van der Waals surface area contributed by atoms with Crippen LogP contribution in [0.3, 0.4) is 0 Å². The Kier molecular flexibility index (Phi) is 5.60. The van der Waals surface area contributed by atoms with Gasteiger partial charge < -0.3 is 15.7 Å². The molecule has 1 atom stereocenters. The van der Waals surface area contributed by atoms with Gasteiger partial charge >= 0.3 is 6.03 Å². The highest BCUT2D eigenvalue weighted by Crippen LogP contribution is 2.17. The average molecular weight is 228 g/mol. The molecule has 94 valence electrons. The smallest absolute Gasteiger partial charge is 0.315 e.